The molecule has 29 heavy (non-hydrogen) atoms. The van der Waals surface area contributed by atoms with E-state index >= 15 is 0 Å². The van der Waals surface area contributed by atoms with Gasteiger partial charge in [-0.25, -0.2) is 0 Å². The van der Waals surface area contributed by atoms with Gasteiger partial charge in [0, 0.05) is 0 Å². The molecule has 156 valence electrons. The molecule has 0 radical (unpaired) electrons. The summed E-state index contributed by atoms with van der Waals surface area (Å²) in [6.45, 7) is 4.07. The quantitative estimate of drug-likeness (QED) is 0.607. The molecule has 1 aliphatic carbocycles. The molecular formula is C22H23F3O4. The topological polar surface area (TPSA) is 55.8 Å². The fourth-order valence-electron chi connectivity index (χ4n) is 3.43. The van der Waals surface area contributed by atoms with Gasteiger partial charge in [0.25, 0.3) is 0 Å². The van der Waals surface area contributed by atoms with Gasteiger partial charge in [0.1, 0.15) is 5.75 Å². The minimum atomic E-state index is -4.47. The van der Waals surface area contributed by atoms with Crippen LogP contribution in [0.25, 0.3) is 0 Å². The Kier molecular flexibility index (Phi) is 6.05. The van der Waals surface area contributed by atoms with Gasteiger partial charge in [-0.1, -0.05) is 19.9 Å². The lowest BCUT2D eigenvalue weighted by atomic mass is 9.98. The molecule has 0 aliphatic heterocycles. The van der Waals surface area contributed by atoms with Gasteiger partial charge < -0.3 is 14.6 Å². The predicted molar refractivity (Wildman–Crippen MR) is 102 cm³/mol. The molecule has 0 bridgehead atoms. The zero-order valence-electron chi connectivity index (χ0n) is 16.3. The molecule has 0 aromatic heterocycles. The van der Waals surface area contributed by atoms with E-state index in [-0.39, 0.29) is 36.4 Å². The number of halogens is 3. The summed E-state index contributed by atoms with van der Waals surface area (Å²) in [5.74, 6) is 0.0151. The van der Waals surface area contributed by atoms with Crippen LogP contribution in [0.3, 0.4) is 0 Å². The van der Waals surface area contributed by atoms with Crippen molar-refractivity contribution in [1.82, 2.24) is 0 Å². The molecule has 3 rings (SSSR count). The molecule has 4 nitrogen and oxygen atoms in total. The fourth-order valence-corrected chi connectivity index (χ4v) is 3.43. The standard InChI is InChI=1S/C22H23F3O4/c1-13(2)12-28-20-11-16(22(23,24)25)5-8-19(20)29-17-6-7-18-14(9-17)3-4-15(18)10-21(26)27/h5-9,11,13,15H,3-4,10,12H2,1-2H3,(H,26,27)/t15-/m0/s1. The zero-order valence-corrected chi connectivity index (χ0v) is 16.3. The first-order valence-corrected chi connectivity index (χ1v) is 9.50. The highest BCUT2D eigenvalue weighted by Crippen LogP contribution is 2.41. The van der Waals surface area contributed by atoms with E-state index in [2.05, 4.69) is 0 Å². The number of alkyl halides is 3. The number of carboxylic acids is 1. The summed E-state index contributed by atoms with van der Waals surface area (Å²) in [5, 5.41) is 9.03. The summed E-state index contributed by atoms with van der Waals surface area (Å²) in [6, 6.07) is 8.55. The molecule has 0 amide bonds. The normalized spacial score (nSPS) is 16.0. The molecule has 1 atom stereocenters. The first-order chi connectivity index (χ1) is 13.6. The van der Waals surface area contributed by atoms with Gasteiger partial charge in [0.05, 0.1) is 18.6 Å². The number of carbonyl (C=O) groups is 1. The SMILES string of the molecule is CC(C)COc1cc(C(F)(F)F)ccc1Oc1ccc2c(c1)CC[C@H]2CC(=O)O. The van der Waals surface area contributed by atoms with E-state index in [0.717, 1.165) is 36.1 Å². The smallest absolute Gasteiger partial charge is 0.416 e. The Hall–Kier alpha value is -2.70. The molecule has 0 unspecified atom stereocenters. The lowest BCUT2D eigenvalue weighted by Crippen LogP contribution is -2.09. The molecule has 0 saturated heterocycles. The first kappa shape index (κ1) is 21.0. The largest absolute Gasteiger partial charge is 0.489 e. The van der Waals surface area contributed by atoms with E-state index in [1.165, 1.54) is 6.07 Å². The van der Waals surface area contributed by atoms with Crippen molar-refractivity contribution in [3.8, 4) is 17.2 Å². The van der Waals surface area contributed by atoms with Crippen molar-refractivity contribution >= 4 is 5.97 Å². The first-order valence-electron chi connectivity index (χ1n) is 9.50. The third kappa shape index (κ3) is 5.22. The highest BCUT2D eigenvalue weighted by atomic mass is 19.4. The van der Waals surface area contributed by atoms with Crippen LogP contribution < -0.4 is 9.47 Å². The average Bonchev–Trinajstić information content (AvgIpc) is 3.01. The van der Waals surface area contributed by atoms with Gasteiger partial charge in [-0.15, -0.1) is 0 Å². The average molecular weight is 408 g/mol. The molecule has 0 spiro atoms. The lowest BCUT2D eigenvalue weighted by molar-refractivity contribution is -0.138. The summed E-state index contributed by atoms with van der Waals surface area (Å²) in [4.78, 5) is 11.0. The number of rotatable bonds is 7. The number of ether oxygens (including phenoxy) is 2. The van der Waals surface area contributed by atoms with E-state index in [0.29, 0.717) is 5.75 Å². The maximum Gasteiger partial charge on any atom is 0.416 e. The molecule has 7 heteroatoms. The van der Waals surface area contributed by atoms with Crippen molar-refractivity contribution < 1.29 is 32.5 Å². The Morgan fingerprint density at radius 2 is 1.93 bits per heavy atom. The van der Waals surface area contributed by atoms with Crippen molar-refractivity contribution in [3.63, 3.8) is 0 Å². The Morgan fingerprint density at radius 1 is 1.17 bits per heavy atom. The van der Waals surface area contributed by atoms with E-state index in [1.54, 1.807) is 6.07 Å². The van der Waals surface area contributed by atoms with E-state index in [9.17, 15) is 18.0 Å². The second-order valence-corrected chi connectivity index (χ2v) is 7.66. The highest BCUT2D eigenvalue weighted by molar-refractivity contribution is 5.68. The summed E-state index contributed by atoms with van der Waals surface area (Å²) in [7, 11) is 0. The maximum absolute atomic E-state index is 13.1. The number of aliphatic carboxylic acids is 1. The molecular weight excluding hydrogens is 385 g/mol. The van der Waals surface area contributed by atoms with Gasteiger partial charge in [-0.2, -0.15) is 13.2 Å². The number of fused-ring (bicyclic) bond motifs is 1. The molecule has 1 N–H and O–H groups in total. The summed E-state index contributed by atoms with van der Waals surface area (Å²) in [5.41, 5.74) is 1.20. The van der Waals surface area contributed by atoms with Crippen molar-refractivity contribution in [2.75, 3.05) is 6.61 Å². The monoisotopic (exact) mass is 408 g/mol. The summed E-state index contributed by atoms with van der Waals surface area (Å²) < 4.78 is 50.6. The number of benzene rings is 2. The van der Waals surface area contributed by atoms with Crippen LogP contribution >= 0.6 is 0 Å². The van der Waals surface area contributed by atoms with Crippen LogP contribution in [0.2, 0.25) is 0 Å². The Bertz CT molecular complexity index is 890. The number of hydrogen-bond acceptors (Lipinski definition) is 3. The van der Waals surface area contributed by atoms with Crippen LogP contribution in [0.4, 0.5) is 13.2 Å². The molecule has 2 aromatic rings. The Labute approximate surface area is 167 Å². The minimum absolute atomic E-state index is 0.0208. The minimum Gasteiger partial charge on any atom is -0.489 e. The third-order valence-corrected chi connectivity index (χ3v) is 4.81. The van der Waals surface area contributed by atoms with Crippen LogP contribution in [0, 0.1) is 5.92 Å². The molecule has 0 saturated carbocycles. The second-order valence-electron chi connectivity index (χ2n) is 7.66. The van der Waals surface area contributed by atoms with Crippen LogP contribution in [-0.4, -0.2) is 17.7 Å². The molecule has 2 aromatic carbocycles. The Morgan fingerprint density at radius 3 is 2.59 bits per heavy atom. The number of hydrogen-bond donors (Lipinski definition) is 1. The van der Waals surface area contributed by atoms with Crippen molar-refractivity contribution in [3.05, 3.63) is 53.1 Å². The zero-order chi connectivity index (χ0) is 21.2. The summed E-state index contributed by atoms with van der Waals surface area (Å²) in [6.07, 6.45) is -2.89. The van der Waals surface area contributed by atoms with Gasteiger partial charge in [0.15, 0.2) is 11.5 Å². The number of carboxylic acid groups (broad SMARTS) is 1. The van der Waals surface area contributed by atoms with E-state index in [4.69, 9.17) is 14.6 Å². The highest BCUT2D eigenvalue weighted by Gasteiger charge is 2.32. The second kappa shape index (κ2) is 8.35. The maximum atomic E-state index is 13.1. The van der Waals surface area contributed by atoms with Crippen LogP contribution in [0.5, 0.6) is 17.2 Å². The number of aryl methyl sites for hydroxylation is 1. The van der Waals surface area contributed by atoms with Crippen LogP contribution in [0.1, 0.15) is 49.3 Å². The van der Waals surface area contributed by atoms with Crippen LogP contribution in [-0.2, 0) is 17.4 Å². The lowest BCUT2D eigenvalue weighted by Gasteiger charge is -2.17. The molecule has 1 aliphatic rings. The predicted octanol–water partition coefficient (Wildman–Crippen LogP) is 6.04. The third-order valence-electron chi connectivity index (χ3n) is 4.81. The van der Waals surface area contributed by atoms with Gasteiger partial charge in [0.2, 0.25) is 0 Å². The van der Waals surface area contributed by atoms with Crippen molar-refractivity contribution in [2.24, 2.45) is 5.92 Å². The van der Waals surface area contributed by atoms with Crippen molar-refractivity contribution in [2.45, 2.75) is 45.2 Å². The fraction of sp³-hybridized carbons (Fsp3) is 0.409. The van der Waals surface area contributed by atoms with Gasteiger partial charge in [-0.3, -0.25) is 4.79 Å². The Balaban J connectivity index is 1.85. The summed E-state index contributed by atoms with van der Waals surface area (Å²) >= 11 is 0. The van der Waals surface area contributed by atoms with Crippen molar-refractivity contribution in [1.29, 1.82) is 0 Å². The van der Waals surface area contributed by atoms with Gasteiger partial charge >= 0.3 is 12.1 Å². The van der Waals surface area contributed by atoms with Gasteiger partial charge in [-0.05, 0) is 66.1 Å². The molecule has 0 fully saturated rings. The molecule has 0 heterocycles. The van der Waals surface area contributed by atoms with Crippen LogP contribution in [0.15, 0.2) is 36.4 Å². The van der Waals surface area contributed by atoms with E-state index < -0.39 is 17.7 Å². The van der Waals surface area contributed by atoms with E-state index in [1.807, 2.05) is 26.0 Å².